The summed E-state index contributed by atoms with van der Waals surface area (Å²) in [5.74, 6) is 0. The number of nitrogens with zero attached hydrogens (tertiary/aromatic N) is 1. The molecule has 0 spiro atoms. The molecule has 0 radical (unpaired) electrons. The van der Waals surface area contributed by atoms with E-state index in [2.05, 4.69) is 10.5 Å². The van der Waals surface area contributed by atoms with E-state index < -0.39 is 0 Å². The first-order valence-electron chi connectivity index (χ1n) is 5.27. The van der Waals surface area contributed by atoms with Crippen LogP contribution in [0.4, 0.5) is 5.69 Å². The first-order chi connectivity index (χ1) is 7.86. The van der Waals surface area contributed by atoms with Crippen molar-refractivity contribution in [3.63, 3.8) is 0 Å². The van der Waals surface area contributed by atoms with Gasteiger partial charge in [0.05, 0.1) is 11.4 Å². The zero-order valence-electron chi connectivity index (χ0n) is 9.22. The molecule has 0 amide bonds. The van der Waals surface area contributed by atoms with Crippen molar-refractivity contribution in [1.82, 2.24) is 0 Å². The molecule has 0 bridgehead atoms. The first-order valence-corrected chi connectivity index (χ1v) is 5.27. The Kier molecular flexibility index (Phi) is 3.34. The summed E-state index contributed by atoms with van der Waals surface area (Å²) >= 11 is 0. The highest BCUT2D eigenvalue weighted by molar-refractivity contribution is 5.98. The summed E-state index contributed by atoms with van der Waals surface area (Å²) in [6, 6.07) is 20.0. The zero-order chi connectivity index (χ0) is 11.2. The third-order valence-electron chi connectivity index (χ3n) is 2.32. The summed E-state index contributed by atoms with van der Waals surface area (Å²) in [5.41, 5.74) is 6.14. The van der Waals surface area contributed by atoms with Crippen LogP contribution in [-0.2, 0) is 0 Å². The van der Waals surface area contributed by atoms with Gasteiger partial charge in [0.1, 0.15) is 0 Å². The van der Waals surface area contributed by atoms with Crippen LogP contribution in [0.15, 0.2) is 65.8 Å². The fourth-order valence-corrected chi connectivity index (χ4v) is 1.40. The molecule has 2 aromatic rings. The Morgan fingerprint density at radius 3 is 2.06 bits per heavy atom. The Hall–Kier alpha value is -2.09. The molecular weight excluding hydrogens is 196 g/mol. The maximum Gasteiger partial charge on any atom is 0.0648 e. The number of hydrogen-bond acceptors (Lipinski definition) is 2. The molecule has 2 nitrogen and oxygen atoms in total. The van der Waals surface area contributed by atoms with Gasteiger partial charge in [-0.25, -0.2) is 0 Å². The summed E-state index contributed by atoms with van der Waals surface area (Å²) in [7, 11) is 0. The minimum Gasteiger partial charge on any atom is -0.278 e. The quantitative estimate of drug-likeness (QED) is 0.608. The van der Waals surface area contributed by atoms with Crippen LogP contribution in [0.1, 0.15) is 12.5 Å². The lowest BCUT2D eigenvalue weighted by molar-refractivity contribution is 1.32. The van der Waals surface area contributed by atoms with Crippen LogP contribution in [0.5, 0.6) is 0 Å². The lowest BCUT2D eigenvalue weighted by Gasteiger charge is -2.02. The number of rotatable bonds is 3. The predicted molar refractivity (Wildman–Crippen MR) is 68.7 cm³/mol. The van der Waals surface area contributed by atoms with Crippen LogP contribution in [0.25, 0.3) is 0 Å². The SMILES string of the molecule is C/C(=N\Nc1ccccc1)c1ccccc1. The van der Waals surface area contributed by atoms with Crippen LogP contribution >= 0.6 is 0 Å². The highest BCUT2D eigenvalue weighted by atomic mass is 15.3. The van der Waals surface area contributed by atoms with Gasteiger partial charge >= 0.3 is 0 Å². The molecule has 1 N–H and O–H groups in total. The lowest BCUT2D eigenvalue weighted by atomic mass is 10.1. The van der Waals surface area contributed by atoms with Crippen molar-refractivity contribution in [3.05, 3.63) is 66.2 Å². The number of benzene rings is 2. The molecule has 0 aliphatic carbocycles. The largest absolute Gasteiger partial charge is 0.278 e. The Morgan fingerprint density at radius 2 is 1.44 bits per heavy atom. The van der Waals surface area contributed by atoms with Crippen molar-refractivity contribution in [2.45, 2.75) is 6.92 Å². The molecule has 0 heterocycles. The van der Waals surface area contributed by atoms with E-state index in [1.165, 1.54) is 0 Å². The van der Waals surface area contributed by atoms with Gasteiger partial charge in [0, 0.05) is 0 Å². The molecular formula is C14H14N2. The normalized spacial score (nSPS) is 11.2. The molecule has 2 aromatic carbocycles. The molecule has 0 saturated heterocycles. The second kappa shape index (κ2) is 5.12. The van der Waals surface area contributed by atoms with Gasteiger partial charge in [-0.2, -0.15) is 5.10 Å². The van der Waals surface area contributed by atoms with Gasteiger partial charge in [0.2, 0.25) is 0 Å². The molecule has 0 aliphatic rings. The second-order valence-electron chi connectivity index (χ2n) is 3.54. The standard InChI is InChI=1S/C14H14N2/c1-12(13-8-4-2-5-9-13)15-16-14-10-6-3-7-11-14/h2-11,16H,1H3/b15-12+. The maximum atomic E-state index is 4.33. The fraction of sp³-hybridized carbons (Fsp3) is 0.0714. The van der Waals surface area contributed by atoms with E-state index in [0.717, 1.165) is 17.0 Å². The molecule has 0 fully saturated rings. The first kappa shape index (κ1) is 10.4. The fourth-order valence-electron chi connectivity index (χ4n) is 1.40. The molecule has 16 heavy (non-hydrogen) atoms. The smallest absolute Gasteiger partial charge is 0.0648 e. The summed E-state index contributed by atoms with van der Waals surface area (Å²) in [6.07, 6.45) is 0. The van der Waals surface area contributed by atoms with Crippen LogP contribution < -0.4 is 5.43 Å². The van der Waals surface area contributed by atoms with Gasteiger partial charge in [0.15, 0.2) is 0 Å². The van der Waals surface area contributed by atoms with Crippen LogP contribution in [0.2, 0.25) is 0 Å². The zero-order valence-corrected chi connectivity index (χ0v) is 9.22. The molecule has 80 valence electrons. The molecule has 0 aliphatic heterocycles. The summed E-state index contributed by atoms with van der Waals surface area (Å²) < 4.78 is 0. The molecule has 2 rings (SSSR count). The van der Waals surface area contributed by atoms with Gasteiger partial charge in [-0.15, -0.1) is 0 Å². The van der Waals surface area contributed by atoms with Crippen LogP contribution in [-0.4, -0.2) is 5.71 Å². The van der Waals surface area contributed by atoms with Gasteiger partial charge in [0.25, 0.3) is 0 Å². The van der Waals surface area contributed by atoms with E-state index in [0.29, 0.717) is 0 Å². The summed E-state index contributed by atoms with van der Waals surface area (Å²) in [4.78, 5) is 0. The van der Waals surface area contributed by atoms with Crippen molar-refractivity contribution in [2.24, 2.45) is 5.10 Å². The Bertz CT molecular complexity index is 461. The molecule has 2 heteroatoms. The number of anilines is 1. The van der Waals surface area contributed by atoms with Crippen molar-refractivity contribution >= 4 is 11.4 Å². The summed E-state index contributed by atoms with van der Waals surface area (Å²) in [5, 5.41) is 4.33. The van der Waals surface area contributed by atoms with Gasteiger partial charge in [-0.05, 0) is 24.6 Å². The number of nitrogens with one attached hydrogen (secondary N) is 1. The minimum absolute atomic E-state index is 0.976. The van der Waals surface area contributed by atoms with E-state index in [9.17, 15) is 0 Å². The monoisotopic (exact) mass is 210 g/mol. The number of para-hydroxylation sites is 1. The van der Waals surface area contributed by atoms with Crippen molar-refractivity contribution in [1.29, 1.82) is 0 Å². The van der Waals surface area contributed by atoms with E-state index in [4.69, 9.17) is 0 Å². The molecule has 0 saturated carbocycles. The highest BCUT2D eigenvalue weighted by Crippen LogP contribution is 2.06. The second-order valence-corrected chi connectivity index (χ2v) is 3.54. The van der Waals surface area contributed by atoms with Crippen molar-refractivity contribution in [2.75, 3.05) is 5.43 Å². The maximum absolute atomic E-state index is 4.33. The van der Waals surface area contributed by atoms with E-state index in [-0.39, 0.29) is 0 Å². The topological polar surface area (TPSA) is 24.4 Å². The van der Waals surface area contributed by atoms with Crippen molar-refractivity contribution in [3.8, 4) is 0 Å². The van der Waals surface area contributed by atoms with Gasteiger partial charge in [-0.3, -0.25) is 5.43 Å². The van der Waals surface area contributed by atoms with E-state index in [1.807, 2.05) is 67.6 Å². The van der Waals surface area contributed by atoms with E-state index in [1.54, 1.807) is 0 Å². The van der Waals surface area contributed by atoms with Crippen LogP contribution in [0, 0.1) is 0 Å². The highest BCUT2D eigenvalue weighted by Gasteiger charge is 1.94. The number of hydrazone groups is 1. The summed E-state index contributed by atoms with van der Waals surface area (Å²) in [6.45, 7) is 1.99. The van der Waals surface area contributed by atoms with Gasteiger partial charge in [-0.1, -0.05) is 48.5 Å². The molecule has 0 unspecified atom stereocenters. The third-order valence-corrected chi connectivity index (χ3v) is 2.32. The van der Waals surface area contributed by atoms with Gasteiger partial charge < -0.3 is 0 Å². The Balaban J connectivity index is 2.09. The minimum atomic E-state index is 0.976. The van der Waals surface area contributed by atoms with Crippen molar-refractivity contribution < 1.29 is 0 Å². The molecule has 0 atom stereocenters. The molecule has 0 aromatic heterocycles. The van der Waals surface area contributed by atoms with E-state index >= 15 is 0 Å². The Morgan fingerprint density at radius 1 is 0.875 bits per heavy atom. The average molecular weight is 210 g/mol. The van der Waals surface area contributed by atoms with Crippen LogP contribution in [0.3, 0.4) is 0 Å². The average Bonchev–Trinajstić information content (AvgIpc) is 2.38. The lowest BCUT2D eigenvalue weighted by Crippen LogP contribution is -1.98. The third kappa shape index (κ3) is 2.70. The predicted octanol–water partition coefficient (Wildman–Crippen LogP) is 3.52. The Labute approximate surface area is 95.6 Å². The number of hydrogen-bond donors (Lipinski definition) is 1.